The SMILES string of the molecule is CC(C)n1ccc(CNC2CCCCC2CCl)n1. The van der Waals surface area contributed by atoms with Crippen LogP contribution in [0.5, 0.6) is 0 Å². The van der Waals surface area contributed by atoms with Crippen LogP contribution in [0.2, 0.25) is 0 Å². The average molecular weight is 270 g/mol. The van der Waals surface area contributed by atoms with Crippen LogP contribution in [0.15, 0.2) is 12.3 Å². The van der Waals surface area contributed by atoms with Crippen LogP contribution in [0.3, 0.4) is 0 Å². The van der Waals surface area contributed by atoms with E-state index >= 15 is 0 Å². The molecule has 18 heavy (non-hydrogen) atoms. The summed E-state index contributed by atoms with van der Waals surface area (Å²) < 4.78 is 2.01. The van der Waals surface area contributed by atoms with E-state index in [2.05, 4.69) is 36.5 Å². The first-order chi connectivity index (χ1) is 8.70. The molecule has 1 aromatic heterocycles. The molecule has 0 radical (unpaired) electrons. The van der Waals surface area contributed by atoms with Crippen molar-refractivity contribution in [2.45, 2.75) is 58.2 Å². The minimum Gasteiger partial charge on any atom is -0.308 e. The van der Waals surface area contributed by atoms with Gasteiger partial charge in [0, 0.05) is 30.7 Å². The van der Waals surface area contributed by atoms with Crippen LogP contribution in [-0.2, 0) is 6.54 Å². The van der Waals surface area contributed by atoms with Gasteiger partial charge in [0.2, 0.25) is 0 Å². The minimum atomic E-state index is 0.434. The Morgan fingerprint density at radius 3 is 2.89 bits per heavy atom. The largest absolute Gasteiger partial charge is 0.308 e. The molecule has 0 saturated heterocycles. The van der Waals surface area contributed by atoms with Gasteiger partial charge in [0.15, 0.2) is 0 Å². The molecule has 0 amide bonds. The third-order valence-corrected chi connectivity index (χ3v) is 4.24. The highest BCUT2D eigenvalue weighted by Gasteiger charge is 2.23. The third kappa shape index (κ3) is 3.48. The molecule has 1 aliphatic rings. The second-order valence-electron chi connectivity index (χ2n) is 5.57. The smallest absolute Gasteiger partial charge is 0.0762 e. The molecule has 3 nitrogen and oxygen atoms in total. The number of halogens is 1. The fourth-order valence-corrected chi connectivity index (χ4v) is 3.03. The molecule has 1 aliphatic carbocycles. The van der Waals surface area contributed by atoms with E-state index in [0.29, 0.717) is 18.0 Å². The quantitative estimate of drug-likeness (QED) is 0.831. The molecule has 0 aliphatic heterocycles. The lowest BCUT2D eigenvalue weighted by molar-refractivity contribution is 0.281. The molecule has 0 spiro atoms. The summed E-state index contributed by atoms with van der Waals surface area (Å²) in [5.41, 5.74) is 1.13. The van der Waals surface area contributed by atoms with Gasteiger partial charge in [-0.1, -0.05) is 12.8 Å². The predicted octanol–water partition coefficient (Wildman–Crippen LogP) is 3.35. The molecule has 2 rings (SSSR count). The second-order valence-corrected chi connectivity index (χ2v) is 5.88. The Balaban J connectivity index is 1.85. The van der Waals surface area contributed by atoms with E-state index in [1.807, 2.05) is 4.68 Å². The molecule has 1 fully saturated rings. The zero-order valence-corrected chi connectivity index (χ0v) is 12.2. The normalized spacial score (nSPS) is 24.7. The second kappa shape index (κ2) is 6.58. The Bertz CT molecular complexity index is 362. The van der Waals surface area contributed by atoms with Crippen LogP contribution in [-0.4, -0.2) is 21.7 Å². The van der Waals surface area contributed by atoms with Gasteiger partial charge in [0.25, 0.3) is 0 Å². The molecule has 1 heterocycles. The molecule has 4 heteroatoms. The molecule has 102 valence electrons. The molecule has 1 N–H and O–H groups in total. The summed E-state index contributed by atoms with van der Waals surface area (Å²) >= 11 is 6.04. The van der Waals surface area contributed by atoms with E-state index in [0.717, 1.165) is 18.1 Å². The summed E-state index contributed by atoms with van der Waals surface area (Å²) in [7, 11) is 0. The van der Waals surface area contributed by atoms with Crippen LogP contribution < -0.4 is 5.32 Å². The number of hydrogen-bond acceptors (Lipinski definition) is 2. The maximum absolute atomic E-state index is 6.04. The van der Waals surface area contributed by atoms with Gasteiger partial charge in [0.05, 0.1) is 5.69 Å². The highest BCUT2D eigenvalue weighted by atomic mass is 35.5. The van der Waals surface area contributed by atoms with Crippen LogP contribution in [0.4, 0.5) is 0 Å². The van der Waals surface area contributed by atoms with Crippen molar-refractivity contribution < 1.29 is 0 Å². The Morgan fingerprint density at radius 1 is 1.44 bits per heavy atom. The number of nitrogens with one attached hydrogen (secondary N) is 1. The molecule has 2 unspecified atom stereocenters. The fourth-order valence-electron chi connectivity index (χ4n) is 2.66. The van der Waals surface area contributed by atoms with Gasteiger partial charge in [-0.25, -0.2) is 0 Å². The van der Waals surface area contributed by atoms with Gasteiger partial charge in [-0.3, -0.25) is 4.68 Å². The van der Waals surface area contributed by atoms with Crippen molar-refractivity contribution in [3.8, 4) is 0 Å². The summed E-state index contributed by atoms with van der Waals surface area (Å²) in [6.07, 6.45) is 7.23. The highest BCUT2D eigenvalue weighted by Crippen LogP contribution is 2.25. The predicted molar refractivity (Wildman–Crippen MR) is 75.9 cm³/mol. The average Bonchev–Trinajstić information content (AvgIpc) is 2.85. The van der Waals surface area contributed by atoms with Gasteiger partial charge < -0.3 is 5.32 Å². The zero-order valence-electron chi connectivity index (χ0n) is 11.4. The molecular formula is C14H24ClN3. The van der Waals surface area contributed by atoms with Gasteiger partial charge >= 0.3 is 0 Å². The van der Waals surface area contributed by atoms with E-state index < -0.39 is 0 Å². The molecule has 0 aromatic carbocycles. The van der Waals surface area contributed by atoms with Crippen LogP contribution in [0, 0.1) is 5.92 Å². The number of aromatic nitrogens is 2. The number of alkyl halides is 1. The van der Waals surface area contributed by atoms with Crippen molar-refractivity contribution in [3.63, 3.8) is 0 Å². The van der Waals surface area contributed by atoms with Crippen LogP contribution in [0.1, 0.15) is 51.3 Å². The van der Waals surface area contributed by atoms with Gasteiger partial charge in [-0.05, 0) is 38.7 Å². The van der Waals surface area contributed by atoms with E-state index in [4.69, 9.17) is 11.6 Å². The number of hydrogen-bond donors (Lipinski definition) is 1. The molecule has 0 bridgehead atoms. The van der Waals surface area contributed by atoms with Crippen molar-refractivity contribution in [2.24, 2.45) is 5.92 Å². The molecule has 2 atom stereocenters. The van der Waals surface area contributed by atoms with E-state index in [1.54, 1.807) is 0 Å². The van der Waals surface area contributed by atoms with Gasteiger partial charge in [-0.2, -0.15) is 5.10 Å². The fraction of sp³-hybridized carbons (Fsp3) is 0.786. The molecule has 1 saturated carbocycles. The lowest BCUT2D eigenvalue weighted by Crippen LogP contribution is -2.39. The van der Waals surface area contributed by atoms with Crippen LogP contribution in [0.25, 0.3) is 0 Å². The maximum atomic E-state index is 6.04. The summed E-state index contributed by atoms with van der Waals surface area (Å²) in [4.78, 5) is 0. The standard InChI is InChI=1S/C14H24ClN3/c1-11(2)18-8-7-13(17-18)10-16-14-6-4-3-5-12(14)9-15/h7-8,11-12,14,16H,3-6,9-10H2,1-2H3. The maximum Gasteiger partial charge on any atom is 0.0762 e. The Labute approximate surface area is 115 Å². The van der Waals surface area contributed by atoms with Crippen LogP contribution >= 0.6 is 11.6 Å². The van der Waals surface area contributed by atoms with Gasteiger partial charge in [-0.15, -0.1) is 11.6 Å². The molecular weight excluding hydrogens is 246 g/mol. The lowest BCUT2D eigenvalue weighted by Gasteiger charge is -2.30. The summed E-state index contributed by atoms with van der Waals surface area (Å²) in [5, 5.41) is 8.20. The first kappa shape index (κ1) is 13.9. The minimum absolute atomic E-state index is 0.434. The molecule has 1 aromatic rings. The van der Waals surface area contributed by atoms with E-state index in [-0.39, 0.29) is 0 Å². The first-order valence-corrected chi connectivity index (χ1v) is 7.57. The Morgan fingerprint density at radius 2 is 2.22 bits per heavy atom. The van der Waals surface area contributed by atoms with Crippen molar-refractivity contribution in [3.05, 3.63) is 18.0 Å². The Kier molecular flexibility index (Phi) is 5.07. The van der Waals surface area contributed by atoms with E-state index in [1.165, 1.54) is 25.7 Å². The zero-order chi connectivity index (χ0) is 13.0. The first-order valence-electron chi connectivity index (χ1n) is 7.04. The number of nitrogens with zero attached hydrogens (tertiary/aromatic N) is 2. The van der Waals surface area contributed by atoms with Crippen molar-refractivity contribution in [1.29, 1.82) is 0 Å². The van der Waals surface area contributed by atoms with Gasteiger partial charge in [0.1, 0.15) is 0 Å². The van der Waals surface area contributed by atoms with E-state index in [9.17, 15) is 0 Å². The number of rotatable bonds is 5. The van der Waals surface area contributed by atoms with Crippen molar-refractivity contribution >= 4 is 11.6 Å². The highest BCUT2D eigenvalue weighted by molar-refractivity contribution is 6.18. The van der Waals surface area contributed by atoms with Crippen molar-refractivity contribution in [2.75, 3.05) is 5.88 Å². The summed E-state index contributed by atoms with van der Waals surface area (Å²) in [6, 6.07) is 3.11. The topological polar surface area (TPSA) is 29.9 Å². The third-order valence-electron chi connectivity index (χ3n) is 3.85. The monoisotopic (exact) mass is 269 g/mol. The summed E-state index contributed by atoms with van der Waals surface area (Å²) in [6.45, 7) is 5.15. The Hall–Kier alpha value is -0.540. The lowest BCUT2D eigenvalue weighted by atomic mass is 9.86. The van der Waals surface area contributed by atoms with Crippen molar-refractivity contribution in [1.82, 2.24) is 15.1 Å². The summed E-state index contributed by atoms with van der Waals surface area (Å²) in [5.74, 6) is 1.41.